The molecule has 5 nitrogen and oxygen atoms in total. The average molecular weight is 323 g/mol. The van der Waals surface area contributed by atoms with E-state index in [2.05, 4.69) is 27.6 Å². The van der Waals surface area contributed by atoms with Crippen molar-refractivity contribution in [2.24, 2.45) is 11.1 Å². The molecule has 21 heavy (non-hydrogen) atoms. The molecule has 1 saturated carbocycles. The van der Waals surface area contributed by atoms with Crippen LogP contribution in [0.25, 0.3) is 0 Å². The molecule has 0 amide bonds. The van der Waals surface area contributed by atoms with Gasteiger partial charge in [0.25, 0.3) is 10.2 Å². The number of nitrogens with two attached hydrogens (primary N) is 1. The Hall–Kier alpha value is -1.57. The number of thiophene rings is 1. The van der Waals surface area contributed by atoms with Gasteiger partial charge in [-0.05, 0) is 48.4 Å². The number of rotatable bonds is 6. The first kappa shape index (κ1) is 14.4. The van der Waals surface area contributed by atoms with Gasteiger partial charge in [0, 0.05) is 10.6 Å². The van der Waals surface area contributed by atoms with Crippen molar-refractivity contribution in [2.75, 3.05) is 10.0 Å². The maximum Gasteiger partial charge on any atom is 0.296 e. The van der Waals surface area contributed by atoms with Crippen molar-refractivity contribution in [1.82, 2.24) is 0 Å². The van der Waals surface area contributed by atoms with Crippen LogP contribution in [0.5, 0.6) is 0 Å². The third kappa shape index (κ3) is 3.96. The SMILES string of the molecule is NS(=O)(=O)Nc1cccc(NC(c2cccs2)C2CC2)c1. The molecule has 0 saturated heterocycles. The third-order valence-electron chi connectivity index (χ3n) is 3.39. The predicted molar refractivity (Wildman–Crippen MR) is 86.6 cm³/mol. The summed E-state index contributed by atoms with van der Waals surface area (Å²) < 4.78 is 24.5. The van der Waals surface area contributed by atoms with Crippen LogP contribution in [-0.4, -0.2) is 8.42 Å². The summed E-state index contributed by atoms with van der Waals surface area (Å²) in [5.41, 5.74) is 1.34. The fraction of sp³-hybridized carbons (Fsp3) is 0.286. The number of hydrogen-bond acceptors (Lipinski definition) is 4. The average Bonchev–Trinajstić information content (AvgIpc) is 3.09. The zero-order valence-electron chi connectivity index (χ0n) is 11.3. The predicted octanol–water partition coefficient (Wildman–Crippen LogP) is 2.93. The Morgan fingerprint density at radius 3 is 2.57 bits per heavy atom. The Morgan fingerprint density at radius 2 is 1.95 bits per heavy atom. The molecule has 112 valence electrons. The van der Waals surface area contributed by atoms with E-state index in [1.807, 2.05) is 6.07 Å². The summed E-state index contributed by atoms with van der Waals surface area (Å²) in [5.74, 6) is 0.651. The molecule has 2 aromatic rings. The van der Waals surface area contributed by atoms with Gasteiger partial charge in [0.05, 0.1) is 11.7 Å². The van der Waals surface area contributed by atoms with Gasteiger partial charge >= 0.3 is 0 Å². The van der Waals surface area contributed by atoms with Crippen LogP contribution in [-0.2, 0) is 10.2 Å². The highest BCUT2D eigenvalue weighted by atomic mass is 32.2. The molecule has 7 heteroatoms. The van der Waals surface area contributed by atoms with E-state index >= 15 is 0 Å². The van der Waals surface area contributed by atoms with Gasteiger partial charge in [0.1, 0.15) is 0 Å². The summed E-state index contributed by atoms with van der Waals surface area (Å²) >= 11 is 1.74. The van der Waals surface area contributed by atoms with Crippen molar-refractivity contribution in [3.8, 4) is 0 Å². The number of benzene rings is 1. The molecule has 3 rings (SSSR count). The van der Waals surface area contributed by atoms with Gasteiger partial charge in [-0.2, -0.15) is 8.42 Å². The molecule has 1 aliphatic carbocycles. The summed E-state index contributed by atoms with van der Waals surface area (Å²) in [4.78, 5) is 1.31. The summed E-state index contributed by atoms with van der Waals surface area (Å²) in [6, 6.07) is 11.6. The lowest BCUT2D eigenvalue weighted by Gasteiger charge is -2.19. The Bertz CT molecular complexity index is 710. The molecule has 1 atom stereocenters. The fourth-order valence-electron chi connectivity index (χ4n) is 2.34. The second-order valence-corrected chi connectivity index (χ2v) is 7.48. The Morgan fingerprint density at radius 1 is 1.19 bits per heavy atom. The van der Waals surface area contributed by atoms with Crippen molar-refractivity contribution >= 4 is 32.9 Å². The van der Waals surface area contributed by atoms with Gasteiger partial charge < -0.3 is 5.32 Å². The van der Waals surface area contributed by atoms with Crippen molar-refractivity contribution in [2.45, 2.75) is 18.9 Å². The van der Waals surface area contributed by atoms with Gasteiger partial charge in [-0.3, -0.25) is 4.72 Å². The molecule has 1 unspecified atom stereocenters. The molecular weight excluding hydrogens is 306 g/mol. The summed E-state index contributed by atoms with van der Waals surface area (Å²) in [6.07, 6.45) is 2.45. The van der Waals surface area contributed by atoms with Crippen LogP contribution in [0.1, 0.15) is 23.8 Å². The lowest BCUT2D eigenvalue weighted by Crippen LogP contribution is -2.21. The second kappa shape index (κ2) is 5.67. The Labute approximate surface area is 128 Å². The second-order valence-electron chi connectivity index (χ2n) is 5.20. The van der Waals surface area contributed by atoms with Crippen LogP contribution in [0.2, 0.25) is 0 Å². The summed E-state index contributed by atoms with van der Waals surface area (Å²) in [5, 5.41) is 10.6. The highest BCUT2D eigenvalue weighted by Gasteiger charge is 2.32. The van der Waals surface area contributed by atoms with Gasteiger partial charge in [0.2, 0.25) is 0 Å². The molecule has 1 aromatic carbocycles. The van der Waals surface area contributed by atoms with E-state index in [9.17, 15) is 8.42 Å². The maximum atomic E-state index is 11.1. The van der Waals surface area contributed by atoms with Crippen molar-refractivity contribution in [3.63, 3.8) is 0 Å². The Kier molecular flexibility index (Phi) is 3.88. The Balaban J connectivity index is 1.78. The van der Waals surface area contributed by atoms with Crippen molar-refractivity contribution < 1.29 is 8.42 Å². The van der Waals surface area contributed by atoms with Gasteiger partial charge in [-0.25, -0.2) is 5.14 Å². The van der Waals surface area contributed by atoms with Crippen LogP contribution < -0.4 is 15.2 Å². The lowest BCUT2D eigenvalue weighted by molar-refractivity contribution is 0.603. The van der Waals surface area contributed by atoms with E-state index in [4.69, 9.17) is 5.14 Å². The van der Waals surface area contributed by atoms with Crippen LogP contribution in [0.15, 0.2) is 41.8 Å². The third-order valence-corrected chi connectivity index (χ3v) is 4.86. The largest absolute Gasteiger partial charge is 0.377 e. The minimum atomic E-state index is -3.75. The van der Waals surface area contributed by atoms with E-state index in [1.54, 1.807) is 29.5 Å². The van der Waals surface area contributed by atoms with Crippen LogP contribution >= 0.6 is 11.3 Å². The standard InChI is InChI=1S/C14H17N3O2S2/c15-21(18,19)17-12-4-1-3-11(9-12)16-14(10-6-7-10)13-5-2-8-20-13/h1-5,8-10,14,16-17H,6-7H2,(H2,15,18,19). The van der Waals surface area contributed by atoms with Crippen LogP contribution in [0.4, 0.5) is 11.4 Å². The molecule has 0 radical (unpaired) electrons. The molecule has 0 bridgehead atoms. The number of nitrogens with one attached hydrogen (secondary N) is 2. The summed E-state index contributed by atoms with van der Waals surface area (Å²) in [7, 11) is -3.75. The molecule has 1 aromatic heterocycles. The highest BCUT2D eigenvalue weighted by molar-refractivity contribution is 7.90. The minimum Gasteiger partial charge on any atom is -0.377 e. The zero-order valence-corrected chi connectivity index (χ0v) is 13.0. The van der Waals surface area contributed by atoms with E-state index in [-0.39, 0.29) is 6.04 Å². The number of anilines is 2. The quantitative estimate of drug-likeness (QED) is 0.764. The normalized spacial score (nSPS) is 16.4. The molecular formula is C14H17N3O2S2. The fourth-order valence-corrected chi connectivity index (χ4v) is 3.66. The van der Waals surface area contributed by atoms with Crippen molar-refractivity contribution in [1.29, 1.82) is 0 Å². The molecule has 1 fully saturated rings. The first-order valence-corrected chi connectivity index (χ1v) is 9.14. The van der Waals surface area contributed by atoms with E-state index in [0.717, 1.165) is 5.69 Å². The first-order valence-electron chi connectivity index (χ1n) is 6.72. The van der Waals surface area contributed by atoms with E-state index < -0.39 is 10.2 Å². The van der Waals surface area contributed by atoms with Gasteiger partial charge in [-0.15, -0.1) is 11.3 Å². The summed E-state index contributed by atoms with van der Waals surface area (Å²) in [6.45, 7) is 0. The number of hydrogen-bond donors (Lipinski definition) is 3. The molecule has 0 spiro atoms. The molecule has 0 aliphatic heterocycles. The monoisotopic (exact) mass is 323 g/mol. The minimum absolute atomic E-state index is 0.287. The van der Waals surface area contributed by atoms with Gasteiger partial charge in [-0.1, -0.05) is 12.1 Å². The topological polar surface area (TPSA) is 84.2 Å². The molecule has 1 aliphatic rings. The van der Waals surface area contributed by atoms with Crippen LogP contribution in [0, 0.1) is 5.92 Å². The zero-order chi connectivity index (χ0) is 14.9. The highest BCUT2D eigenvalue weighted by Crippen LogP contribution is 2.44. The van der Waals surface area contributed by atoms with E-state index in [0.29, 0.717) is 11.6 Å². The molecule has 4 N–H and O–H groups in total. The van der Waals surface area contributed by atoms with Crippen molar-refractivity contribution in [3.05, 3.63) is 46.7 Å². The van der Waals surface area contributed by atoms with Gasteiger partial charge in [0.15, 0.2) is 0 Å². The maximum absolute atomic E-state index is 11.1. The molecule has 1 heterocycles. The van der Waals surface area contributed by atoms with Crippen LogP contribution in [0.3, 0.4) is 0 Å². The smallest absolute Gasteiger partial charge is 0.296 e. The lowest BCUT2D eigenvalue weighted by atomic mass is 10.1. The van der Waals surface area contributed by atoms with E-state index in [1.165, 1.54) is 17.7 Å². The first-order chi connectivity index (χ1) is 10.0.